The van der Waals surface area contributed by atoms with E-state index in [0.29, 0.717) is 0 Å². The van der Waals surface area contributed by atoms with Gasteiger partial charge in [0.25, 0.3) is 11.8 Å². The summed E-state index contributed by atoms with van der Waals surface area (Å²) >= 11 is 0. The molecule has 1 aromatic carbocycles. The fourth-order valence-corrected chi connectivity index (χ4v) is 3.71. The van der Waals surface area contributed by atoms with Crippen LogP contribution in [-0.4, -0.2) is 71.8 Å². The molecule has 0 radical (unpaired) electrons. The normalized spacial score (nSPS) is 22.1. The van der Waals surface area contributed by atoms with Gasteiger partial charge >= 0.3 is 11.9 Å². The second-order valence-corrected chi connectivity index (χ2v) is 6.90. The number of carbonyl (C=O) groups is 5. The van der Waals surface area contributed by atoms with Crippen LogP contribution in [-0.2, 0) is 23.9 Å². The van der Waals surface area contributed by atoms with Crippen molar-refractivity contribution in [2.75, 3.05) is 14.2 Å². The number of hydrogen-bond acceptors (Lipinski definition) is 7. The lowest BCUT2D eigenvalue weighted by Gasteiger charge is -2.50. The summed E-state index contributed by atoms with van der Waals surface area (Å²) in [6.07, 6.45) is 0. The zero-order valence-electron chi connectivity index (χ0n) is 15.9. The Kier molecular flexibility index (Phi) is 4.93. The minimum absolute atomic E-state index is 0.163. The number of imide groups is 1. The van der Waals surface area contributed by atoms with Crippen molar-refractivity contribution in [1.29, 1.82) is 0 Å². The summed E-state index contributed by atoms with van der Waals surface area (Å²) in [5.41, 5.74) is 0.325. The molecule has 9 nitrogen and oxygen atoms in total. The maximum absolute atomic E-state index is 13.0. The Balaban J connectivity index is 2.00. The van der Waals surface area contributed by atoms with Crippen molar-refractivity contribution >= 4 is 29.7 Å². The molecule has 3 atom stereocenters. The van der Waals surface area contributed by atoms with Crippen LogP contribution in [0.5, 0.6) is 0 Å². The van der Waals surface area contributed by atoms with E-state index < -0.39 is 47.8 Å². The second-order valence-electron chi connectivity index (χ2n) is 6.90. The number of amides is 3. The highest BCUT2D eigenvalue weighted by molar-refractivity contribution is 6.24. The lowest BCUT2D eigenvalue weighted by atomic mass is 9.87. The molecule has 0 saturated carbocycles. The Morgan fingerprint density at radius 2 is 1.50 bits per heavy atom. The lowest BCUT2D eigenvalue weighted by molar-refractivity contribution is -0.182. The molecule has 9 heteroatoms. The third-order valence-corrected chi connectivity index (χ3v) is 5.03. The van der Waals surface area contributed by atoms with Gasteiger partial charge in [-0.15, -0.1) is 0 Å². The molecule has 2 aliphatic rings. The molecule has 148 valence electrons. The van der Waals surface area contributed by atoms with E-state index in [9.17, 15) is 24.0 Å². The standard InChI is InChI=1S/C19H20N2O7/c1-9(2)12(18(25)27-3)20-14(19(26)28-4)13(17(20)24)21-15(22)10-7-5-6-8-11(10)16(21)23/h5-9,12-14H,1-4H3/t12-,13?,14?/m1/s1. The van der Waals surface area contributed by atoms with Gasteiger partial charge in [0, 0.05) is 0 Å². The maximum atomic E-state index is 13.0. The van der Waals surface area contributed by atoms with Crippen LogP contribution in [0.2, 0.25) is 0 Å². The maximum Gasteiger partial charge on any atom is 0.331 e. The molecule has 0 aliphatic carbocycles. The molecular weight excluding hydrogens is 368 g/mol. The van der Waals surface area contributed by atoms with Crippen molar-refractivity contribution in [2.45, 2.75) is 32.0 Å². The summed E-state index contributed by atoms with van der Waals surface area (Å²) in [6.45, 7) is 3.39. The van der Waals surface area contributed by atoms with Gasteiger partial charge in [-0.3, -0.25) is 19.3 Å². The van der Waals surface area contributed by atoms with Crippen molar-refractivity contribution in [1.82, 2.24) is 9.80 Å². The fraction of sp³-hybridized carbons (Fsp3) is 0.421. The van der Waals surface area contributed by atoms with E-state index in [1.54, 1.807) is 26.0 Å². The number of esters is 2. The summed E-state index contributed by atoms with van der Waals surface area (Å²) in [5, 5.41) is 0. The third-order valence-electron chi connectivity index (χ3n) is 5.03. The summed E-state index contributed by atoms with van der Waals surface area (Å²) in [6, 6.07) is 2.47. The molecule has 0 N–H and O–H groups in total. The first-order valence-corrected chi connectivity index (χ1v) is 8.71. The average Bonchev–Trinajstić information content (AvgIpc) is 2.93. The van der Waals surface area contributed by atoms with Gasteiger partial charge < -0.3 is 14.4 Å². The van der Waals surface area contributed by atoms with Crippen LogP contribution in [0.15, 0.2) is 24.3 Å². The van der Waals surface area contributed by atoms with Gasteiger partial charge in [0.05, 0.1) is 25.3 Å². The summed E-state index contributed by atoms with van der Waals surface area (Å²) in [4.78, 5) is 64.9. The Morgan fingerprint density at radius 3 is 1.93 bits per heavy atom. The molecule has 0 aromatic heterocycles. The zero-order valence-corrected chi connectivity index (χ0v) is 15.9. The smallest absolute Gasteiger partial charge is 0.331 e. The van der Waals surface area contributed by atoms with E-state index in [2.05, 4.69) is 0 Å². The highest BCUT2D eigenvalue weighted by Crippen LogP contribution is 2.36. The number of fused-ring (bicyclic) bond motifs is 1. The number of methoxy groups -OCH3 is 2. The number of ether oxygens (including phenoxy) is 2. The van der Waals surface area contributed by atoms with Crippen LogP contribution in [0.25, 0.3) is 0 Å². The van der Waals surface area contributed by atoms with Gasteiger partial charge in [-0.2, -0.15) is 0 Å². The molecule has 1 saturated heterocycles. The van der Waals surface area contributed by atoms with Crippen molar-refractivity contribution in [3.63, 3.8) is 0 Å². The van der Waals surface area contributed by atoms with Crippen molar-refractivity contribution in [2.24, 2.45) is 5.92 Å². The Morgan fingerprint density at radius 1 is 0.964 bits per heavy atom. The van der Waals surface area contributed by atoms with Gasteiger partial charge in [-0.1, -0.05) is 26.0 Å². The molecular formula is C19H20N2O7. The summed E-state index contributed by atoms with van der Waals surface area (Å²) in [5.74, 6) is -3.90. The van der Waals surface area contributed by atoms with Gasteiger partial charge in [0.15, 0.2) is 12.1 Å². The number of β-lactam (4-membered cyclic amide) rings is 1. The highest BCUT2D eigenvalue weighted by atomic mass is 16.5. The molecule has 3 amide bonds. The van der Waals surface area contributed by atoms with Crippen LogP contribution in [0, 0.1) is 5.92 Å². The van der Waals surface area contributed by atoms with Gasteiger partial charge in [-0.05, 0) is 18.1 Å². The van der Waals surface area contributed by atoms with Crippen molar-refractivity contribution in [3.8, 4) is 0 Å². The molecule has 3 rings (SSSR count). The molecule has 1 fully saturated rings. The zero-order chi connectivity index (χ0) is 20.7. The molecule has 0 spiro atoms. The van der Waals surface area contributed by atoms with Crippen LogP contribution in [0.4, 0.5) is 0 Å². The first kappa shape index (κ1) is 19.5. The molecule has 28 heavy (non-hydrogen) atoms. The number of hydrogen-bond donors (Lipinski definition) is 0. The van der Waals surface area contributed by atoms with Crippen LogP contribution >= 0.6 is 0 Å². The van der Waals surface area contributed by atoms with Gasteiger partial charge in [-0.25, -0.2) is 9.59 Å². The van der Waals surface area contributed by atoms with E-state index >= 15 is 0 Å². The van der Waals surface area contributed by atoms with Crippen LogP contribution < -0.4 is 0 Å². The first-order chi connectivity index (χ1) is 13.3. The van der Waals surface area contributed by atoms with Crippen molar-refractivity contribution < 1.29 is 33.4 Å². The van der Waals surface area contributed by atoms with E-state index in [0.717, 1.165) is 16.9 Å². The van der Waals surface area contributed by atoms with E-state index in [-0.39, 0.29) is 17.0 Å². The van der Waals surface area contributed by atoms with E-state index in [1.165, 1.54) is 19.2 Å². The Labute approximate surface area is 161 Å². The molecule has 0 bridgehead atoms. The molecule has 2 unspecified atom stereocenters. The first-order valence-electron chi connectivity index (χ1n) is 8.71. The largest absolute Gasteiger partial charge is 0.467 e. The Hall–Kier alpha value is -3.23. The second kappa shape index (κ2) is 7.06. The lowest BCUT2D eigenvalue weighted by Crippen LogP contribution is -2.77. The van der Waals surface area contributed by atoms with Crippen molar-refractivity contribution in [3.05, 3.63) is 35.4 Å². The predicted molar refractivity (Wildman–Crippen MR) is 94.0 cm³/mol. The minimum Gasteiger partial charge on any atom is -0.467 e. The van der Waals surface area contributed by atoms with Gasteiger partial charge in [0.2, 0.25) is 5.91 Å². The number of benzene rings is 1. The molecule has 2 heterocycles. The monoisotopic (exact) mass is 388 g/mol. The topological polar surface area (TPSA) is 110 Å². The van der Waals surface area contributed by atoms with E-state index in [4.69, 9.17) is 9.47 Å². The number of likely N-dealkylation sites (tertiary alicyclic amines) is 1. The van der Waals surface area contributed by atoms with E-state index in [1.807, 2.05) is 0 Å². The quantitative estimate of drug-likeness (QED) is 0.403. The number of carbonyl (C=O) groups excluding carboxylic acids is 5. The highest BCUT2D eigenvalue weighted by Gasteiger charge is 2.62. The fourth-order valence-electron chi connectivity index (χ4n) is 3.71. The summed E-state index contributed by atoms with van der Waals surface area (Å²) in [7, 11) is 2.31. The minimum atomic E-state index is -1.37. The number of nitrogens with zero attached hydrogens (tertiary/aromatic N) is 2. The molecule has 2 aliphatic heterocycles. The average molecular weight is 388 g/mol. The van der Waals surface area contributed by atoms with Gasteiger partial charge in [0.1, 0.15) is 6.04 Å². The van der Waals surface area contributed by atoms with Crippen LogP contribution in [0.1, 0.15) is 34.6 Å². The number of rotatable bonds is 5. The third kappa shape index (κ3) is 2.65. The predicted octanol–water partition coefficient (Wildman–Crippen LogP) is 0.233. The SMILES string of the molecule is COC(=O)C1C(N2C(=O)c3ccccc3C2=O)C(=O)N1[C@@H](C(=O)OC)C(C)C. The summed E-state index contributed by atoms with van der Waals surface area (Å²) < 4.78 is 9.54. The Bertz CT molecular complexity index is 844. The van der Waals surface area contributed by atoms with Crippen LogP contribution in [0.3, 0.4) is 0 Å². The molecule has 1 aromatic rings.